The second-order valence-corrected chi connectivity index (χ2v) is 3.58. The molecule has 82 valence electrons. The number of methoxy groups -OCH3 is 1. The number of aryl methyl sites for hydroxylation is 1. The lowest BCUT2D eigenvalue weighted by molar-refractivity contribution is 0.0602. The Morgan fingerprint density at radius 3 is 2.80 bits per heavy atom. The molecule has 15 heavy (non-hydrogen) atoms. The highest BCUT2D eigenvalue weighted by atomic mass is 35.5. The molecule has 0 atom stereocenters. The third-order valence-corrected chi connectivity index (χ3v) is 2.39. The first-order valence-electron chi connectivity index (χ1n) is 4.71. The van der Waals surface area contributed by atoms with E-state index in [9.17, 15) is 4.79 Å². The summed E-state index contributed by atoms with van der Waals surface area (Å²) in [5.74, 6) is 0.218. The molecule has 3 nitrogen and oxygen atoms in total. The quantitative estimate of drug-likeness (QED) is 0.488. The minimum absolute atomic E-state index is 0.406. The summed E-state index contributed by atoms with van der Waals surface area (Å²) in [4.78, 5) is 11.2. The number of nitrogens with two attached hydrogens (primary N) is 1. The molecule has 0 bridgehead atoms. The van der Waals surface area contributed by atoms with Crippen LogP contribution in [0.4, 0.5) is 5.69 Å². The van der Waals surface area contributed by atoms with Crippen molar-refractivity contribution in [2.24, 2.45) is 0 Å². The minimum Gasteiger partial charge on any atom is -0.465 e. The molecule has 0 radical (unpaired) electrons. The van der Waals surface area contributed by atoms with Crippen molar-refractivity contribution in [2.45, 2.75) is 12.8 Å². The number of hydrogen-bond acceptors (Lipinski definition) is 3. The van der Waals surface area contributed by atoms with E-state index in [2.05, 4.69) is 4.74 Å². The normalized spacial score (nSPS) is 10.0. The van der Waals surface area contributed by atoms with Gasteiger partial charge in [0.05, 0.1) is 12.7 Å². The first kappa shape index (κ1) is 11.9. The summed E-state index contributed by atoms with van der Waals surface area (Å²) in [5, 5.41) is 0. The van der Waals surface area contributed by atoms with Crippen LogP contribution in [0.3, 0.4) is 0 Å². The molecular weight excluding hydrogens is 214 g/mol. The predicted molar refractivity (Wildman–Crippen MR) is 61.2 cm³/mol. The van der Waals surface area contributed by atoms with Crippen LogP contribution in [0.25, 0.3) is 0 Å². The Kier molecular flexibility index (Phi) is 4.43. The third-order valence-electron chi connectivity index (χ3n) is 2.12. The van der Waals surface area contributed by atoms with Crippen molar-refractivity contribution < 1.29 is 9.53 Å². The molecular formula is C11H14ClNO2. The van der Waals surface area contributed by atoms with Crippen molar-refractivity contribution in [1.82, 2.24) is 0 Å². The predicted octanol–water partition coefficient (Wildman–Crippen LogP) is 2.23. The number of carbonyl (C=O) groups is 1. The van der Waals surface area contributed by atoms with Crippen LogP contribution in [0.5, 0.6) is 0 Å². The number of hydrogen-bond donors (Lipinski definition) is 1. The smallest absolute Gasteiger partial charge is 0.339 e. The van der Waals surface area contributed by atoms with Crippen molar-refractivity contribution in [3.05, 3.63) is 29.3 Å². The van der Waals surface area contributed by atoms with Gasteiger partial charge >= 0.3 is 5.97 Å². The lowest BCUT2D eigenvalue weighted by Gasteiger charge is -2.06. The SMILES string of the molecule is COC(=O)c1ccc(CCCCl)cc1N. The largest absolute Gasteiger partial charge is 0.465 e. The molecule has 2 N–H and O–H groups in total. The highest BCUT2D eigenvalue weighted by Crippen LogP contribution is 2.16. The zero-order valence-corrected chi connectivity index (χ0v) is 9.38. The summed E-state index contributed by atoms with van der Waals surface area (Å²) in [6.45, 7) is 0. The van der Waals surface area contributed by atoms with E-state index in [1.165, 1.54) is 7.11 Å². The number of nitrogen functional groups attached to an aromatic ring is 1. The average molecular weight is 228 g/mol. The molecule has 0 saturated carbocycles. The van der Waals surface area contributed by atoms with Crippen LogP contribution < -0.4 is 5.73 Å². The van der Waals surface area contributed by atoms with Gasteiger partial charge in [0.15, 0.2) is 0 Å². The van der Waals surface area contributed by atoms with Gasteiger partial charge in [-0.1, -0.05) is 6.07 Å². The fourth-order valence-electron chi connectivity index (χ4n) is 1.33. The molecule has 0 aliphatic carbocycles. The highest BCUT2D eigenvalue weighted by Gasteiger charge is 2.09. The number of alkyl halides is 1. The number of halogens is 1. The summed E-state index contributed by atoms with van der Waals surface area (Å²) < 4.78 is 4.60. The van der Waals surface area contributed by atoms with Gasteiger partial charge in [-0.15, -0.1) is 11.6 Å². The standard InChI is InChI=1S/C11H14ClNO2/c1-15-11(14)9-5-4-8(3-2-6-12)7-10(9)13/h4-5,7H,2-3,6,13H2,1H3. The van der Waals surface area contributed by atoms with Crippen molar-refractivity contribution in [1.29, 1.82) is 0 Å². The van der Waals surface area contributed by atoms with Crippen LogP contribution in [0.2, 0.25) is 0 Å². The van der Waals surface area contributed by atoms with E-state index in [1.807, 2.05) is 6.07 Å². The Morgan fingerprint density at radius 1 is 1.53 bits per heavy atom. The summed E-state index contributed by atoms with van der Waals surface area (Å²) in [6, 6.07) is 5.35. The first-order chi connectivity index (χ1) is 7.19. The molecule has 0 spiro atoms. The number of benzene rings is 1. The van der Waals surface area contributed by atoms with Gasteiger partial charge < -0.3 is 10.5 Å². The maximum absolute atomic E-state index is 11.2. The summed E-state index contributed by atoms with van der Waals surface area (Å²) in [7, 11) is 1.34. The summed E-state index contributed by atoms with van der Waals surface area (Å²) in [6.07, 6.45) is 1.77. The van der Waals surface area contributed by atoms with Gasteiger partial charge in [0.25, 0.3) is 0 Å². The number of ether oxygens (including phenoxy) is 1. The van der Waals surface area contributed by atoms with Crippen LogP contribution in [0, 0.1) is 0 Å². The van der Waals surface area contributed by atoms with Gasteiger partial charge in [-0.2, -0.15) is 0 Å². The molecule has 0 aromatic heterocycles. The zero-order chi connectivity index (χ0) is 11.3. The molecule has 4 heteroatoms. The molecule has 0 saturated heterocycles. The zero-order valence-electron chi connectivity index (χ0n) is 8.63. The van der Waals surface area contributed by atoms with Gasteiger partial charge in [0, 0.05) is 11.6 Å². The molecule has 1 aromatic carbocycles. The Balaban J connectivity index is 2.83. The van der Waals surface area contributed by atoms with Gasteiger partial charge in [-0.25, -0.2) is 4.79 Å². The molecule has 0 heterocycles. The number of esters is 1. The van der Waals surface area contributed by atoms with Gasteiger partial charge in [-0.05, 0) is 30.5 Å². The van der Waals surface area contributed by atoms with E-state index in [0.717, 1.165) is 18.4 Å². The number of carbonyl (C=O) groups excluding carboxylic acids is 1. The Hall–Kier alpha value is -1.22. The fourth-order valence-corrected chi connectivity index (χ4v) is 1.47. The molecule has 0 fully saturated rings. The van der Waals surface area contributed by atoms with Crippen LogP contribution in [-0.4, -0.2) is 19.0 Å². The maximum Gasteiger partial charge on any atom is 0.339 e. The lowest BCUT2D eigenvalue weighted by atomic mass is 10.1. The highest BCUT2D eigenvalue weighted by molar-refractivity contribution is 6.17. The Morgan fingerprint density at radius 2 is 2.27 bits per heavy atom. The van der Waals surface area contributed by atoms with E-state index in [4.69, 9.17) is 17.3 Å². The first-order valence-corrected chi connectivity index (χ1v) is 5.25. The van der Waals surface area contributed by atoms with E-state index >= 15 is 0 Å². The van der Waals surface area contributed by atoms with Gasteiger partial charge in [0.2, 0.25) is 0 Å². The van der Waals surface area contributed by atoms with E-state index in [0.29, 0.717) is 17.1 Å². The van der Waals surface area contributed by atoms with E-state index in [1.54, 1.807) is 12.1 Å². The Labute approximate surface area is 94.2 Å². The fraction of sp³-hybridized carbons (Fsp3) is 0.364. The lowest BCUT2D eigenvalue weighted by Crippen LogP contribution is -2.06. The van der Waals surface area contributed by atoms with Crippen LogP contribution in [0.15, 0.2) is 18.2 Å². The van der Waals surface area contributed by atoms with Gasteiger partial charge in [-0.3, -0.25) is 0 Å². The average Bonchev–Trinajstić information content (AvgIpc) is 2.25. The molecule has 0 amide bonds. The van der Waals surface area contributed by atoms with E-state index < -0.39 is 5.97 Å². The molecule has 0 unspecified atom stereocenters. The second kappa shape index (κ2) is 5.61. The topological polar surface area (TPSA) is 52.3 Å². The van der Waals surface area contributed by atoms with Crippen molar-refractivity contribution in [3.8, 4) is 0 Å². The van der Waals surface area contributed by atoms with Crippen LogP contribution >= 0.6 is 11.6 Å². The van der Waals surface area contributed by atoms with Crippen molar-refractivity contribution in [3.63, 3.8) is 0 Å². The minimum atomic E-state index is -0.406. The van der Waals surface area contributed by atoms with Crippen molar-refractivity contribution >= 4 is 23.3 Å². The number of anilines is 1. The summed E-state index contributed by atoms with van der Waals surface area (Å²) >= 11 is 5.59. The second-order valence-electron chi connectivity index (χ2n) is 3.21. The summed E-state index contributed by atoms with van der Waals surface area (Å²) in [5.41, 5.74) is 7.68. The van der Waals surface area contributed by atoms with Crippen molar-refractivity contribution in [2.75, 3.05) is 18.7 Å². The molecule has 0 aliphatic rings. The number of rotatable bonds is 4. The molecule has 1 rings (SSSR count). The molecule has 1 aromatic rings. The van der Waals surface area contributed by atoms with Crippen LogP contribution in [0.1, 0.15) is 22.3 Å². The third kappa shape index (κ3) is 3.13. The Bertz CT molecular complexity index is 352. The van der Waals surface area contributed by atoms with E-state index in [-0.39, 0.29) is 0 Å². The molecule has 0 aliphatic heterocycles. The maximum atomic E-state index is 11.2. The monoisotopic (exact) mass is 227 g/mol. The van der Waals surface area contributed by atoms with Gasteiger partial charge in [0.1, 0.15) is 0 Å². The van der Waals surface area contributed by atoms with Crippen LogP contribution in [-0.2, 0) is 11.2 Å².